The first kappa shape index (κ1) is 11.8. The predicted octanol–water partition coefficient (Wildman–Crippen LogP) is 2.01. The van der Waals surface area contributed by atoms with Gasteiger partial charge in [0, 0.05) is 24.7 Å². The maximum atomic E-state index is 10.6. The third kappa shape index (κ3) is 2.35. The lowest BCUT2D eigenvalue weighted by atomic mass is 10.1. The maximum absolute atomic E-state index is 10.6. The summed E-state index contributed by atoms with van der Waals surface area (Å²) in [5.41, 5.74) is 2.24. The molecule has 0 spiro atoms. The lowest BCUT2D eigenvalue weighted by Crippen LogP contribution is -2.32. The summed E-state index contributed by atoms with van der Waals surface area (Å²) in [5.74, 6) is -0.474. The van der Waals surface area contributed by atoms with Gasteiger partial charge in [-0.15, -0.1) is 0 Å². The summed E-state index contributed by atoms with van der Waals surface area (Å²) in [7, 11) is 0. The zero-order valence-electron chi connectivity index (χ0n) is 9.89. The lowest BCUT2D eigenvalue weighted by Gasteiger charge is -2.25. The van der Waals surface area contributed by atoms with Gasteiger partial charge in [0.2, 0.25) is 0 Å². The SMILES string of the molecule is CCN1c2ccc(O)cc2CC1CCC(=O)O. The van der Waals surface area contributed by atoms with Crippen molar-refractivity contribution in [2.75, 3.05) is 11.4 Å². The molecule has 17 heavy (non-hydrogen) atoms. The average molecular weight is 235 g/mol. The van der Waals surface area contributed by atoms with E-state index in [-0.39, 0.29) is 18.2 Å². The number of nitrogens with zero attached hydrogens (tertiary/aromatic N) is 1. The predicted molar refractivity (Wildman–Crippen MR) is 65.5 cm³/mol. The van der Waals surface area contributed by atoms with E-state index in [9.17, 15) is 9.90 Å². The van der Waals surface area contributed by atoms with Gasteiger partial charge in [-0.25, -0.2) is 0 Å². The highest BCUT2D eigenvalue weighted by Crippen LogP contribution is 2.35. The maximum Gasteiger partial charge on any atom is 0.303 e. The van der Waals surface area contributed by atoms with Gasteiger partial charge < -0.3 is 15.1 Å². The minimum atomic E-state index is -0.750. The fraction of sp³-hybridized carbons (Fsp3) is 0.462. The number of carbonyl (C=O) groups is 1. The van der Waals surface area contributed by atoms with Crippen LogP contribution < -0.4 is 4.90 Å². The second-order valence-corrected chi connectivity index (χ2v) is 4.39. The van der Waals surface area contributed by atoms with Crippen LogP contribution >= 0.6 is 0 Å². The third-order valence-corrected chi connectivity index (χ3v) is 3.30. The van der Waals surface area contributed by atoms with Crippen molar-refractivity contribution < 1.29 is 15.0 Å². The van der Waals surface area contributed by atoms with Gasteiger partial charge in [0.25, 0.3) is 0 Å². The van der Waals surface area contributed by atoms with Gasteiger partial charge in [-0.3, -0.25) is 4.79 Å². The van der Waals surface area contributed by atoms with Crippen LogP contribution in [-0.2, 0) is 11.2 Å². The fourth-order valence-electron chi connectivity index (χ4n) is 2.55. The summed E-state index contributed by atoms with van der Waals surface area (Å²) in [6, 6.07) is 5.61. The molecule has 4 nitrogen and oxygen atoms in total. The first-order valence-corrected chi connectivity index (χ1v) is 5.92. The van der Waals surface area contributed by atoms with Crippen molar-refractivity contribution in [1.82, 2.24) is 0 Å². The molecule has 0 bridgehead atoms. The molecule has 0 fully saturated rings. The Morgan fingerprint density at radius 3 is 2.94 bits per heavy atom. The second-order valence-electron chi connectivity index (χ2n) is 4.39. The van der Waals surface area contributed by atoms with E-state index in [2.05, 4.69) is 11.8 Å². The van der Waals surface area contributed by atoms with Crippen molar-refractivity contribution in [3.63, 3.8) is 0 Å². The molecule has 1 aromatic carbocycles. The van der Waals surface area contributed by atoms with Crippen molar-refractivity contribution in [3.05, 3.63) is 23.8 Å². The number of phenolic OH excluding ortho intramolecular Hbond substituents is 1. The molecule has 1 unspecified atom stereocenters. The molecule has 4 heteroatoms. The lowest BCUT2D eigenvalue weighted by molar-refractivity contribution is -0.137. The zero-order valence-corrected chi connectivity index (χ0v) is 9.89. The normalized spacial score (nSPS) is 18.2. The van der Waals surface area contributed by atoms with Crippen molar-refractivity contribution in [2.45, 2.75) is 32.2 Å². The molecule has 0 saturated carbocycles. The minimum Gasteiger partial charge on any atom is -0.508 e. The Morgan fingerprint density at radius 2 is 2.29 bits per heavy atom. The summed E-state index contributed by atoms with van der Waals surface area (Å²) in [4.78, 5) is 12.8. The van der Waals surface area contributed by atoms with E-state index in [1.54, 1.807) is 12.1 Å². The third-order valence-electron chi connectivity index (χ3n) is 3.30. The summed E-state index contributed by atoms with van der Waals surface area (Å²) in [6.45, 7) is 2.93. The standard InChI is InChI=1S/C13H17NO3/c1-2-14-10(3-6-13(16)17)7-9-8-11(15)4-5-12(9)14/h4-5,8,10,15H,2-3,6-7H2,1H3,(H,16,17). The number of anilines is 1. The number of fused-ring (bicyclic) bond motifs is 1. The van der Waals surface area contributed by atoms with Crippen LogP contribution in [0.1, 0.15) is 25.3 Å². The fourth-order valence-corrected chi connectivity index (χ4v) is 2.55. The van der Waals surface area contributed by atoms with Crippen LogP contribution in [0.2, 0.25) is 0 Å². The number of phenols is 1. The van der Waals surface area contributed by atoms with E-state index in [0.29, 0.717) is 6.42 Å². The molecular formula is C13H17NO3. The summed E-state index contributed by atoms with van der Waals surface area (Å²) in [5, 5.41) is 18.2. The number of hydrogen-bond acceptors (Lipinski definition) is 3. The topological polar surface area (TPSA) is 60.8 Å². The zero-order chi connectivity index (χ0) is 12.4. The average Bonchev–Trinajstić information content (AvgIpc) is 2.62. The summed E-state index contributed by atoms with van der Waals surface area (Å²) < 4.78 is 0. The quantitative estimate of drug-likeness (QED) is 0.838. The Bertz CT molecular complexity index is 431. The van der Waals surface area contributed by atoms with E-state index < -0.39 is 5.97 Å². The number of rotatable bonds is 4. The van der Waals surface area contributed by atoms with E-state index in [4.69, 9.17) is 5.11 Å². The van der Waals surface area contributed by atoms with Crippen LogP contribution in [-0.4, -0.2) is 28.8 Å². The number of likely N-dealkylation sites (N-methyl/N-ethyl adjacent to an activating group) is 1. The Labute approximate surface area is 100 Å². The molecule has 2 N–H and O–H groups in total. The van der Waals surface area contributed by atoms with Gasteiger partial charge >= 0.3 is 5.97 Å². The van der Waals surface area contributed by atoms with Crippen LogP contribution in [0.25, 0.3) is 0 Å². The molecule has 1 aromatic rings. The van der Waals surface area contributed by atoms with Crippen LogP contribution in [0.3, 0.4) is 0 Å². The van der Waals surface area contributed by atoms with Crippen LogP contribution in [0.15, 0.2) is 18.2 Å². The van der Waals surface area contributed by atoms with Crippen molar-refractivity contribution in [3.8, 4) is 5.75 Å². The molecule has 0 radical (unpaired) electrons. The molecule has 0 amide bonds. The molecule has 0 saturated heterocycles. The number of carboxylic acid groups (broad SMARTS) is 1. The van der Waals surface area contributed by atoms with Crippen molar-refractivity contribution in [2.24, 2.45) is 0 Å². The molecule has 0 aliphatic carbocycles. The largest absolute Gasteiger partial charge is 0.508 e. The van der Waals surface area contributed by atoms with Crippen molar-refractivity contribution >= 4 is 11.7 Å². The van der Waals surface area contributed by atoms with E-state index in [0.717, 1.165) is 24.2 Å². The van der Waals surface area contributed by atoms with Gasteiger partial charge in [-0.1, -0.05) is 0 Å². The Morgan fingerprint density at radius 1 is 1.53 bits per heavy atom. The van der Waals surface area contributed by atoms with Gasteiger partial charge in [-0.2, -0.15) is 0 Å². The highest BCUT2D eigenvalue weighted by Gasteiger charge is 2.28. The van der Waals surface area contributed by atoms with E-state index >= 15 is 0 Å². The Balaban J connectivity index is 2.16. The van der Waals surface area contributed by atoms with Crippen molar-refractivity contribution in [1.29, 1.82) is 0 Å². The highest BCUT2D eigenvalue weighted by molar-refractivity contribution is 5.67. The molecule has 1 aliphatic heterocycles. The smallest absolute Gasteiger partial charge is 0.303 e. The van der Waals surface area contributed by atoms with Crippen LogP contribution in [0, 0.1) is 0 Å². The number of aromatic hydroxyl groups is 1. The number of hydrogen-bond donors (Lipinski definition) is 2. The molecule has 92 valence electrons. The monoisotopic (exact) mass is 235 g/mol. The van der Waals surface area contributed by atoms with E-state index in [1.807, 2.05) is 6.07 Å². The summed E-state index contributed by atoms with van der Waals surface area (Å²) in [6.07, 6.45) is 1.67. The number of aliphatic carboxylic acids is 1. The van der Waals surface area contributed by atoms with Crippen LogP contribution in [0.4, 0.5) is 5.69 Å². The molecular weight excluding hydrogens is 218 g/mol. The molecule has 1 atom stereocenters. The van der Waals surface area contributed by atoms with Crippen LogP contribution in [0.5, 0.6) is 5.75 Å². The van der Waals surface area contributed by atoms with Gasteiger partial charge in [0.1, 0.15) is 5.75 Å². The molecule has 0 aromatic heterocycles. The number of carboxylic acids is 1. The Kier molecular flexibility index (Phi) is 3.22. The molecule has 1 aliphatic rings. The van der Waals surface area contributed by atoms with Gasteiger partial charge in [-0.05, 0) is 43.5 Å². The van der Waals surface area contributed by atoms with E-state index in [1.165, 1.54) is 0 Å². The highest BCUT2D eigenvalue weighted by atomic mass is 16.4. The number of benzene rings is 1. The minimum absolute atomic E-state index is 0.196. The van der Waals surface area contributed by atoms with Gasteiger partial charge in [0.05, 0.1) is 0 Å². The first-order valence-electron chi connectivity index (χ1n) is 5.92. The first-order chi connectivity index (χ1) is 8.11. The summed E-state index contributed by atoms with van der Waals surface area (Å²) >= 11 is 0. The molecule has 1 heterocycles. The Hall–Kier alpha value is -1.71. The van der Waals surface area contributed by atoms with Gasteiger partial charge in [0.15, 0.2) is 0 Å². The second kappa shape index (κ2) is 4.65. The molecule has 2 rings (SSSR count).